The summed E-state index contributed by atoms with van der Waals surface area (Å²) in [5.41, 5.74) is 22.8. The van der Waals surface area contributed by atoms with Gasteiger partial charge in [-0.3, -0.25) is 19.9 Å². The predicted octanol–water partition coefficient (Wildman–Crippen LogP) is 0.107. The summed E-state index contributed by atoms with van der Waals surface area (Å²) >= 11 is 5.83. The summed E-state index contributed by atoms with van der Waals surface area (Å²) in [5, 5.41) is 10.4. The van der Waals surface area contributed by atoms with E-state index in [0.29, 0.717) is 25.3 Å². The van der Waals surface area contributed by atoms with Crippen LogP contribution in [0.2, 0.25) is 5.15 Å². The van der Waals surface area contributed by atoms with Crippen LogP contribution in [0.4, 0.5) is 11.6 Å². The fourth-order valence-electron chi connectivity index (χ4n) is 2.86. The molecule has 0 aliphatic rings. The molecule has 0 spiro atoms. The number of guanidine groups is 1. The number of ether oxygens (including phenoxy) is 1. The number of nitrogen functional groups attached to an aromatic ring is 2. The number of nitrogens with zero attached hydrogens (tertiary/aromatic N) is 3. The number of primary amides is 1. The van der Waals surface area contributed by atoms with Gasteiger partial charge in [-0.2, -0.15) is 0 Å². The Morgan fingerprint density at radius 1 is 1.09 bits per heavy atom. The molecule has 2 amide bonds. The van der Waals surface area contributed by atoms with E-state index in [0.717, 1.165) is 23.3 Å². The van der Waals surface area contributed by atoms with Gasteiger partial charge in [0.1, 0.15) is 12.4 Å². The number of amides is 2. The second-order valence-corrected chi connectivity index (χ2v) is 7.43. The molecule has 0 radical (unpaired) electrons. The zero-order valence-electron chi connectivity index (χ0n) is 18.0. The molecule has 0 saturated heterocycles. The molecule has 178 valence electrons. The number of nitrogens with two attached hydrogens (primary N) is 4. The third-order valence-corrected chi connectivity index (χ3v) is 4.79. The molecule has 2 aromatic rings. The molecular weight excluding hydrogens is 450 g/mol. The minimum Gasteiger partial charge on any atom is -0.492 e. The zero-order chi connectivity index (χ0) is 24.4. The Hall–Kier alpha value is -3.64. The fraction of sp³-hybridized carbons (Fsp3) is 0.350. The molecule has 1 aromatic heterocycles. The lowest BCUT2D eigenvalue weighted by Crippen LogP contribution is -2.42. The van der Waals surface area contributed by atoms with Crippen LogP contribution in [-0.4, -0.2) is 58.9 Å². The van der Waals surface area contributed by atoms with E-state index in [2.05, 4.69) is 15.3 Å². The summed E-state index contributed by atoms with van der Waals surface area (Å²) < 4.78 is 5.59. The number of carbonyl (C=O) groups is 2. The van der Waals surface area contributed by atoms with Crippen molar-refractivity contribution in [3.05, 3.63) is 40.7 Å². The molecule has 33 heavy (non-hydrogen) atoms. The van der Waals surface area contributed by atoms with Crippen LogP contribution in [0.5, 0.6) is 5.75 Å². The van der Waals surface area contributed by atoms with Gasteiger partial charge in [-0.05, 0) is 37.0 Å². The highest BCUT2D eigenvalue weighted by molar-refractivity contribution is 6.31. The normalized spacial score (nSPS) is 10.6. The average molecular weight is 478 g/mol. The van der Waals surface area contributed by atoms with Crippen LogP contribution in [0.25, 0.3) is 0 Å². The summed E-state index contributed by atoms with van der Waals surface area (Å²) in [5.74, 6) is -1.06. The van der Waals surface area contributed by atoms with Crippen molar-refractivity contribution in [1.29, 1.82) is 5.41 Å². The maximum absolute atomic E-state index is 12.7. The molecule has 0 bridgehead atoms. The molecule has 12 nitrogen and oxygen atoms in total. The number of hydrogen-bond acceptors (Lipinski definition) is 9. The Bertz CT molecular complexity index is 985. The predicted molar refractivity (Wildman–Crippen MR) is 126 cm³/mol. The molecule has 0 aliphatic heterocycles. The molecular formula is C20H28ClN9O3. The molecule has 0 unspecified atom stereocenters. The van der Waals surface area contributed by atoms with Crippen molar-refractivity contribution in [1.82, 2.24) is 20.2 Å². The van der Waals surface area contributed by atoms with Gasteiger partial charge in [-0.25, -0.2) is 9.97 Å². The van der Waals surface area contributed by atoms with E-state index < -0.39 is 17.8 Å². The van der Waals surface area contributed by atoms with Gasteiger partial charge < -0.3 is 33.0 Å². The lowest BCUT2D eigenvalue weighted by atomic mass is 10.1. The highest BCUT2D eigenvalue weighted by Gasteiger charge is 2.23. The number of hydrogen-bond donors (Lipinski definition) is 6. The van der Waals surface area contributed by atoms with Gasteiger partial charge in [0.25, 0.3) is 5.91 Å². The van der Waals surface area contributed by atoms with E-state index >= 15 is 0 Å². The zero-order valence-corrected chi connectivity index (χ0v) is 18.8. The summed E-state index contributed by atoms with van der Waals surface area (Å²) in [6.45, 7) is 1.24. The van der Waals surface area contributed by atoms with Gasteiger partial charge in [0.05, 0.1) is 6.54 Å². The van der Waals surface area contributed by atoms with Crippen molar-refractivity contribution in [3.8, 4) is 5.75 Å². The van der Waals surface area contributed by atoms with E-state index in [1.807, 2.05) is 24.3 Å². The number of unbranched alkanes of at least 4 members (excludes halogenated alkanes) is 1. The number of aryl methyl sites for hydroxylation is 1. The fourth-order valence-corrected chi connectivity index (χ4v) is 2.99. The first-order valence-electron chi connectivity index (χ1n) is 10.1. The van der Waals surface area contributed by atoms with Crippen LogP contribution in [0.1, 0.15) is 28.9 Å². The van der Waals surface area contributed by atoms with Crippen LogP contribution in [0.3, 0.4) is 0 Å². The first kappa shape index (κ1) is 25.6. The maximum Gasteiger partial charge on any atom is 0.283 e. The Balaban J connectivity index is 1.81. The molecule has 0 saturated carbocycles. The first-order chi connectivity index (χ1) is 15.7. The monoisotopic (exact) mass is 477 g/mol. The van der Waals surface area contributed by atoms with Crippen molar-refractivity contribution in [2.75, 3.05) is 37.7 Å². The van der Waals surface area contributed by atoms with Crippen molar-refractivity contribution >= 4 is 41.0 Å². The smallest absolute Gasteiger partial charge is 0.283 e. The van der Waals surface area contributed by atoms with Gasteiger partial charge in [0.2, 0.25) is 5.91 Å². The summed E-state index contributed by atoms with van der Waals surface area (Å²) in [7, 11) is 0. The van der Waals surface area contributed by atoms with Crippen molar-refractivity contribution in [2.24, 2.45) is 11.5 Å². The lowest BCUT2D eigenvalue weighted by molar-refractivity contribution is -0.117. The van der Waals surface area contributed by atoms with E-state index in [9.17, 15) is 9.59 Å². The van der Waals surface area contributed by atoms with Crippen LogP contribution < -0.4 is 33.0 Å². The molecule has 1 heterocycles. The van der Waals surface area contributed by atoms with Crippen molar-refractivity contribution in [3.63, 3.8) is 0 Å². The number of nitrogens with one attached hydrogen (secondary N) is 2. The van der Waals surface area contributed by atoms with Crippen LogP contribution in [-0.2, 0) is 11.2 Å². The number of rotatable bonds is 12. The van der Waals surface area contributed by atoms with E-state index in [-0.39, 0.29) is 35.6 Å². The second-order valence-electron chi connectivity index (χ2n) is 7.07. The van der Waals surface area contributed by atoms with Crippen LogP contribution in [0, 0.1) is 5.41 Å². The van der Waals surface area contributed by atoms with Crippen LogP contribution >= 0.6 is 11.6 Å². The quantitative estimate of drug-likeness (QED) is 0.139. The van der Waals surface area contributed by atoms with Crippen molar-refractivity contribution in [2.45, 2.75) is 19.3 Å². The molecule has 0 aliphatic carbocycles. The highest BCUT2D eigenvalue weighted by atomic mass is 35.5. The van der Waals surface area contributed by atoms with E-state index in [4.69, 9.17) is 44.7 Å². The Morgan fingerprint density at radius 3 is 2.42 bits per heavy atom. The Morgan fingerprint density at radius 2 is 1.79 bits per heavy atom. The topological polar surface area (TPSA) is 212 Å². The number of anilines is 2. The maximum atomic E-state index is 12.7. The van der Waals surface area contributed by atoms with E-state index in [1.165, 1.54) is 0 Å². The molecule has 2 rings (SSSR count). The Labute approximate surface area is 196 Å². The second kappa shape index (κ2) is 12.4. The average Bonchev–Trinajstić information content (AvgIpc) is 2.76. The van der Waals surface area contributed by atoms with Gasteiger partial charge in [0.15, 0.2) is 28.4 Å². The molecule has 10 N–H and O–H groups in total. The highest BCUT2D eigenvalue weighted by Crippen LogP contribution is 2.19. The lowest BCUT2D eigenvalue weighted by Gasteiger charge is -2.20. The van der Waals surface area contributed by atoms with Gasteiger partial charge >= 0.3 is 0 Å². The summed E-state index contributed by atoms with van der Waals surface area (Å²) in [4.78, 5) is 32.1. The SMILES string of the molecule is N=C(N)N(CCCCc1ccc(OCCNCC(N)=O)cc1)C(=O)c1nc(Cl)c(N)nc1N. The summed E-state index contributed by atoms with van der Waals surface area (Å²) in [6.07, 6.45) is 2.10. The summed E-state index contributed by atoms with van der Waals surface area (Å²) in [6, 6.07) is 7.63. The number of carbonyl (C=O) groups excluding carboxylic acids is 2. The van der Waals surface area contributed by atoms with E-state index in [1.54, 1.807) is 0 Å². The minimum absolute atomic E-state index is 0.0868. The van der Waals surface area contributed by atoms with Crippen LogP contribution in [0.15, 0.2) is 24.3 Å². The van der Waals surface area contributed by atoms with Crippen molar-refractivity contribution < 1.29 is 14.3 Å². The molecule has 1 aromatic carbocycles. The Kier molecular flexibility index (Phi) is 9.63. The number of benzene rings is 1. The third kappa shape index (κ3) is 8.09. The molecule has 0 fully saturated rings. The molecule has 13 heteroatoms. The van der Waals surface area contributed by atoms with Gasteiger partial charge in [0, 0.05) is 13.1 Å². The molecule has 0 atom stereocenters. The number of halogens is 1. The van der Waals surface area contributed by atoms with Gasteiger partial charge in [-0.1, -0.05) is 23.7 Å². The largest absolute Gasteiger partial charge is 0.492 e. The number of aromatic nitrogens is 2. The first-order valence-corrected chi connectivity index (χ1v) is 10.5. The minimum atomic E-state index is -0.666. The standard InChI is InChI=1S/C20H28ClN9O3/c21-16-18(24)29-17(23)15(28-16)19(32)30(20(25)26)9-2-1-3-12-4-6-13(7-5-12)33-10-8-27-11-14(22)31/h4-7,27H,1-3,8-11H2,(H2,22,31)(H3,25,26)(H4,23,24,29). The van der Waals surface area contributed by atoms with Gasteiger partial charge in [-0.15, -0.1) is 0 Å². The third-order valence-electron chi connectivity index (χ3n) is 4.51.